The minimum atomic E-state index is 0.203. The van der Waals surface area contributed by atoms with E-state index in [1.807, 2.05) is 4.90 Å². The average molecular weight is 238 g/mol. The number of nitrogens with zero attached hydrogens (tertiary/aromatic N) is 4. The Balaban J connectivity index is 1.80. The summed E-state index contributed by atoms with van der Waals surface area (Å²) in [7, 11) is 0. The molecule has 2 heterocycles. The van der Waals surface area contributed by atoms with Gasteiger partial charge in [0.25, 0.3) is 0 Å². The first-order valence-corrected chi connectivity index (χ1v) is 6.16. The van der Waals surface area contributed by atoms with E-state index in [1.54, 1.807) is 0 Å². The molecule has 2 aliphatic heterocycles. The van der Waals surface area contributed by atoms with Gasteiger partial charge in [0.05, 0.1) is 0 Å². The second-order valence-electron chi connectivity index (χ2n) is 4.84. The maximum atomic E-state index is 11.8. The maximum Gasteiger partial charge on any atom is 0.222 e. The third kappa shape index (κ3) is 3.35. The Morgan fingerprint density at radius 2 is 2.18 bits per heavy atom. The molecule has 0 radical (unpaired) electrons. The molecule has 1 unspecified atom stereocenters. The highest BCUT2D eigenvalue weighted by atomic mass is 16.5. The van der Waals surface area contributed by atoms with Crippen molar-refractivity contribution >= 4 is 5.91 Å². The SMILES string of the molecule is [N-]=[N+]=NCC1CC(=O)N(CC2CCOCC2)C1. The number of ether oxygens (including phenoxy) is 1. The third-order valence-corrected chi connectivity index (χ3v) is 3.52. The van der Waals surface area contributed by atoms with Crippen LogP contribution < -0.4 is 0 Å². The van der Waals surface area contributed by atoms with Crippen molar-refractivity contribution in [2.24, 2.45) is 17.0 Å². The second kappa shape index (κ2) is 5.89. The Hall–Kier alpha value is -1.26. The van der Waals surface area contributed by atoms with Gasteiger partial charge in [-0.3, -0.25) is 4.79 Å². The summed E-state index contributed by atoms with van der Waals surface area (Å²) in [6, 6.07) is 0. The lowest BCUT2D eigenvalue weighted by Gasteiger charge is -2.27. The fraction of sp³-hybridized carbons (Fsp3) is 0.909. The number of likely N-dealkylation sites (tertiary alicyclic amines) is 1. The van der Waals surface area contributed by atoms with Gasteiger partial charge in [0, 0.05) is 44.2 Å². The van der Waals surface area contributed by atoms with Gasteiger partial charge in [-0.15, -0.1) is 0 Å². The van der Waals surface area contributed by atoms with E-state index in [9.17, 15) is 4.79 Å². The van der Waals surface area contributed by atoms with Crippen LogP contribution in [0, 0.1) is 11.8 Å². The Morgan fingerprint density at radius 3 is 2.88 bits per heavy atom. The molecule has 6 nitrogen and oxygen atoms in total. The van der Waals surface area contributed by atoms with Gasteiger partial charge in [-0.05, 0) is 30.2 Å². The van der Waals surface area contributed by atoms with E-state index in [4.69, 9.17) is 10.3 Å². The summed E-state index contributed by atoms with van der Waals surface area (Å²) < 4.78 is 5.31. The molecule has 0 N–H and O–H groups in total. The molecule has 1 atom stereocenters. The van der Waals surface area contributed by atoms with Crippen LogP contribution in [0.4, 0.5) is 0 Å². The Morgan fingerprint density at radius 1 is 1.41 bits per heavy atom. The van der Waals surface area contributed by atoms with E-state index < -0.39 is 0 Å². The molecule has 0 aromatic carbocycles. The first kappa shape index (κ1) is 12.2. The number of carbonyl (C=O) groups excluding carboxylic acids is 1. The summed E-state index contributed by atoms with van der Waals surface area (Å²) in [6.45, 7) is 3.65. The Kier molecular flexibility index (Phi) is 4.23. The van der Waals surface area contributed by atoms with Gasteiger partial charge < -0.3 is 9.64 Å². The third-order valence-electron chi connectivity index (χ3n) is 3.52. The van der Waals surface area contributed by atoms with Crippen molar-refractivity contribution in [2.45, 2.75) is 19.3 Å². The predicted octanol–water partition coefficient (Wildman–Crippen LogP) is 1.57. The van der Waals surface area contributed by atoms with Crippen molar-refractivity contribution in [1.29, 1.82) is 0 Å². The van der Waals surface area contributed by atoms with Gasteiger partial charge in [0.15, 0.2) is 0 Å². The number of carbonyl (C=O) groups is 1. The van der Waals surface area contributed by atoms with Crippen LogP contribution in [0.5, 0.6) is 0 Å². The molecule has 0 spiro atoms. The second-order valence-corrected chi connectivity index (χ2v) is 4.84. The first-order valence-electron chi connectivity index (χ1n) is 6.16. The van der Waals surface area contributed by atoms with Gasteiger partial charge in [-0.2, -0.15) is 0 Å². The molecule has 17 heavy (non-hydrogen) atoms. The molecule has 94 valence electrons. The monoisotopic (exact) mass is 238 g/mol. The van der Waals surface area contributed by atoms with E-state index in [1.165, 1.54) is 0 Å². The molecule has 0 aliphatic carbocycles. The van der Waals surface area contributed by atoms with Gasteiger partial charge in [-0.1, -0.05) is 5.11 Å². The van der Waals surface area contributed by atoms with Crippen LogP contribution in [-0.2, 0) is 9.53 Å². The van der Waals surface area contributed by atoms with Crippen molar-refractivity contribution in [3.63, 3.8) is 0 Å². The van der Waals surface area contributed by atoms with Crippen LogP contribution in [0.25, 0.3) is 10.4 Å². The highest BCUT2D eigenvalue weighted by Gasteiger charge is 2.30. The molecule has 1 amide bonds. The lowest BCUT2D eigenvalue weighted by Crippen LogP contribution is -2.33. The number of hydrogen-bond acceptors (Lipinski definition) is 3. The molecule has 2 aliphatic rings. The van der Waals surface area contributed by atoms with Crippen LogP contribution in [-0.4, -0.2) is 43.7 Å². The maximum absolute atomic E-state index is 11.8. The molecule has 0 saturated carbocycles. The summed E-state index contributed by atoms with van der Waals surface area (Å²) in [5.74, 6) is 0.985. The molecule has 0 aromatic heterocycles. The quantitative estimate of drug-likeness (QED) is 0.423. The summed E-state index contributed by atoms with van der Waals surface area (Å²) >= 11 is 0. The van der Waals surface area contributed by atoms with E-state index in [-0.39, 0.29) is 11.8 Å². The zero-order valence-electron chi connectivity index (χ0n) is 9.92. The minimum absolute atomic E-state index is 0.203. The highest BCUT2D eigenvalue weighted by Crippen LogP contribution is 2.23. The molecule has 2 saturated heterocycles. The summed E-state index contributed by atoms with van der Waals surface area (Å²) in [5.41, 5.74) is 8.27. The van der Waals surface area contributed by atoms with Crippen molar-refractivity contribution in [3.8, 4) is 0 Å². The summed E-state index contributed by atoms with van der Waals surface area (Å²) in [5, 5.41) is 3.55. The van der Waals surface area contributed by atoms with Crippen LogP contribution in [0.15, 0.2) is 5.11 Å². The molecule has 2 fully saturated rings. The largest absolute Gasteiger partial charge is 0.381 e. The van der Waals surface area contributed by atoms with Gasteiger partial charge in [0.1, 0.15) is 0 Å². The number of hydrogen-bond donors (Lipinski definition) is 0. The standard InChI is InChI=1S/C11H18N4O2/c12-14-13-6-10-5-11(16)15(8-10)7-9-1-3-17-4-2-9/h9-10H,1-8H2. The molecular formula is C11H18N4O2. The molecule has 6 heteroatoms. The normalized spacial score (nSPS) is 26.0. The topological polar surface area (TPSA) is 78.3 Å². The first-order chi connectivity index (χ1) is 8.29. The van der Waals surface area contributed by atoms with Crippen molar-refractivity contribution in [1.82, 2.24) is 4.90 Å². The van der Waals surface area contributed by atoms with Gasteiger partial charge in [-0.25, -0.2) is 0 Å². The Labute approximate surface area is 101 Å². The fourth-order valence-corrected chi connectivity index (χ4v) is 2.55. The number of rotatable bonds is 4. The van der Waals surface area contributed by atoms with Crippen LogP contribution >= 0.6 is 0 Å². The average Bonchev–Trinajstić information content (AvgIpc) is 2.69. The molecule has 0 aromatic rings. The number of azide groups is 1. The van der Waals surface area contributed by atoms with Crippen LogP contribution in [0.2, 0.25) is 0 Å². The zero-order chi connectivity index (χ0) is 12.1. The molecule has 0 bridgehead atoms. The fourth-order valence-electron chi connectivity index (χ4n) is 2.55. The van der Waals surface area contributed by atoms with E-state index in [2.05, 4.69) is 10.0 Å². The summed E-state index contributed by atoms with van der Waals surface area (Å²) in [4.78, 5) is 16.4. The van der Waals surface area contributed by atoms with Crippen LogP contribution in [0.1, 0.15) is 19.3 Å². The Bertz CT molecular complexity index is 321. The van der Waals surface area contributed by atoms with Crippen LogP contribution in [0.3, 0.4) is 0 Å². The van der Waals surface area contributed by atoms with Gasteiger partial charge >= 0.3 is 0 Å². The lowest BCUT2D eigenvalue weighted by atomic mass is 10.00. The summed E-state index contributed by atoms with van der Waals surface area (Å²) in [6.07, 6.45) is 2.62. The van der Waals surface area contributed by atoms with E-state index in [0.29, 0.717) is 18.9 Å². The minimum Gasteiger partial charge on any atom is -0.381 e. The number of amides is 1. The van der Waals surface area contributed by atoms with Crippen molar-refractivity contribution in [3.05, 3.63) is 10.4 Å². The predicted molar refractivity (Wildman–Crippen MR) is 62.2 cm³/mol. The smallest absolute Gasteiger partial charge is 0.222 e. The lowest BCUT2D eigenvalue weighted by molar-refractivity contribution is -0.128. The van der Waals surface area contributed by atoms with Crippen molar-refractivity contribution < 1.29 is 9.53 Å². The van der Waals surface area contributed by atoms with E-state index in [0.717, 1.165) is 39.1 Å². The van der Waals surface area contributed by atoms with Gasteiger partial charge in [0.2, 0.25) is 5.91 Å². The highest BCUT2D eigenvalue weighted by molar-refractivity contribution is 5.78. The van der Waals surface area contributed by atoms with Crippen molar-refractivity contribution in [2.75, 3.05) is 32.8 Å². The zero-order valence-corrected chi connectivity index (χ0v) is 9.92. The molecular weight excluding hydrogens is 220 g/mol. The molecule has 2 rings (SSSR count). The van der Waals surface area contributed by atoms with E-state index >= 15 is 0 Å².